The van der Waals surface area contributed by atoms with Crippen LogP contribution in [0.4, 0.5) is 26.4 Å². The SMILES string of the molecule is Cc1cccc(NC(=O)Nc2ccc(-c3cn([C@H]4CC[C@H](N5CCN(C)CC5)CC4)c4ncnc(N)c34)cc2F)c1. The molecule has 0 bridgehead atoms. The zero-order chi connectivity index (χ0) is 28.5. The molecule has 1 saturated carbocycles. The first-order valence-corrected chi connectivity index (χ1v) is 14.3. The van der Waals surface area contributed by atoms with Crippen LogP contribution in [0.1, 0.15) is 37.3 Å². The third-order valence-corrected chi connectivity index (χ3v) is 8.56. The topological polar surface area (TPSA) is 104 Å². The number of benzene rings is 2. The lowest BCUT2D eigenvalue weighted by Gasteiger charge is -2.41. The number of nitrogens with one attached hydrogen (secondary N) is 2. The lowest BCUT2D eigenvalue weighted by Crippen LogP contribution is -2.49. The van der Waals surface area contributed by atoms with Gasteiger partial charge in [0, 0.05) is 55.7 Å². The van der Waals surface area contributed by atoms with Crippen LogP contribution in [-0.4, -0.2) is 69.6 Å². The van der Waals surface area contributed by atoms with Gasteiger partial charge < -0.3 is 25.8 Å². The van der Waals surface area contributed by atoms with Crippen LogP contribution in [0.25, 0.3) is 22.2 Å². The number of piperazine rings is 1. The number of likely N-dealkylation sites (N-methyl/N-ethyl adjacent to an activating group) is 1. The van der Waals surface area contributed by atoms with E-state index in [2.05, 4.69) is 42.0 Å². The van der Waals surface area contributed by atoms with Gasteiger partial charge in [-0.3, -0.25) is 4.90 Å². The zero-order valence-corrected chi connectivity index (χ0v) is 23.6. The standard InChI is InChI=1S/C31H37FN8O/c1-20-4-3-5-22(16-20)36-31(41)37-27-11-6-21(17-26(27)32)25-18-40(30-28(25)29(33)34-19-35-30)24-9-7-23(8-10-24)39-14-12-38(2)13-15-39/h3-6,11,16-19,23-24H,7-10,12-15H2,1-2H3,(H2,33,34,35)(H2,36,37,41)/t23-,24-. The Morgan fingerprint density at radius 1 is 0.976 bits per heavy atom. The number of amides is 2. The Hall–Kier alpha value is -4.02. The quantitative estimate of drug-likeness (QED) is 0.300. The number of aromatic nitrogens is 3. The van der Waals surface area contributed by atoms with Gasteiger partial charge in [0.25, 0.3) is 0 Å². The molecule has 2 aromatic heterocycles. The molecule has 1 aliphatic carbocycles. The number of carbonyl (C=O) groups excluding carboxylic acids is 1. The van der Waals surface area contributed by atoms with Crippen molar-refractivity contribution in [2.24, 2.45) is 0 Å². The molecule has 0 radical (unpaired) electrons. The zero-order valence-electron chi connectivity index (χ0n) is 23.6. The van der Waals surface area contributed by atoms with Crippen molar-refractivity contribution >= 4 is 34.3 Å². The van der Waals surface area contributed by atoms with Gasteiger partial charge in [-0.15, -0.1) is 0 Å². The van der Waals surface area contributed by atoms with Crippen molar-refractivity contribution in [3.05, 3.63) is 66.4 Å². The summed E-state index contributed by atoms with van der Waals surface area (Å²) in [6.45, 7) is 6.47. The number of anilines is 3. The minimum atomic E-state index is -0.536. The fourth-order valence-electron chi connectivity index (χ4n) is 6.29. The summed E-state index contributed by atoms with van der Waals surface area (Å²) >= 11 is 0. The van der Waals surface area contributed by atoms with Gasteiger partial charge in [-0.25, -0.2) is 19.2 Å². The average Bonchev–Trinajstić information content (AvgIpc) is 3.36. The van der Waals surface area contributed by atoms with Gasteiger partial charge >= 0.3 is 6.03 Å². The highest BCUT2D eigenvalue weighted by atomic mass is 19.1. The number of rotatable bonds is 5. The largest absolute Gasteiger partial charge is 0.383 e. The van der Waals surface area contributed by atoms with E-state index in [0.29, 0.717) is 29.2 Å². The molecule has 4 N–H and O–H groups in total. The summed E-state index contributed by atoms with van der Waals surface area (Å²) in [5, 5.41) is 6.08. The highest BCUT2D eigenvalue weighted by molar-refractivity contribution is 6.02. The van der Waals surface area contributed by atoms with E-state index in [4.69, 9.17) is 5.73 Å². The van der Waals surface area contributed by atoms with E-state index < -0.39 is 11.8 Å². The van der Waals surface area contributed by atoms with Crippen LogP contribution in [0.15, 0.2) is 55.0 Å². The van der Waals surface area contributed by atoms with Crippen molar-refractivity contribution < 1.29 is 9.18 Å². The highest BCUT2D eigenvalue weighted by Gasteiger charge is 2.30. The van der Waals surface area contributed by atoms with Crippen LogP contribution in [0, 0.1) is 12.7 Å². The Kier molecular flexibility index (Phi) is 7.59. The van der Waals surface area contributed by atoms with Crippen molar-refractivity contribution in [1.29, 1.82) is 0 Å². The highest BCUT2D eigenvalue weighted by Crippen LogP contribution is 2.39. The fourth-order valence-corrected chi connectivity index (χ4v) is 6.29. The number of nitrogens with zero attached hydrogens (tertiary/aromatic N) is 5. The van der Waals surface area contributed by atoms with Crippen molar-refractivity contribution in [3.63, 3.8) is 0 Å². The molecule has 4 aromatic rings. The lowest BCUT2D eigenvalue weighted by atomic mass is 9.89. The van der Waals surface area contributed by atoms with Crippen LogP contribution < -0.4 is 16.4 Å². The number of nitrogen functional groups attached to an aromatic ring is 1. The molecular formula is C31H37FN8O. The minimum Gasteiger partial charge on any atom is -0.383 e. The molecule has 2 fully saturated rings. The summed E-state index contributed by atoms with van der Waals surface area (Å²) in [4.78, 5) is 26.4. The number of hydrogen-bond donors (Lipinski definition) is 3. The van der Waals surface area contributed by atoms with Gasteiger partial charge in [0.05, 0.1) is 11.1 Å². The van der Waals surface area contributed by atoms with Crippen molar-refractivity contribution in [1.82, 2.24) is 24.3 Å². The summed E-state index contributed by atoms with van der Waals surface area (Å²) in [5.41, 5.74) is 10.3. The number of hydrogen-bond acceptors (Lipinski definition) is 6. The molecule has 0 unspecified atom stereocenters. The lowest BCUT2D eigenvalue weighted by molar-refractivity contribution is 0.0828. The van der Waals surface area contributed by atoms with Crippen molar-refractivity contribution in [3.8, 4) is 11.1 Å². The van der Waals surface area contributed by atoms with Gasteiger partial charge in [0.15, 0.2) is 0 Å². The van der Waals surface area contributed by atoms with Crippen LogP contribution >= 0.6 is 0 Å². The predicted molar refractivity (Wildman–Crippen MR) is 162 cm³/mol. The first kappa shape index (κ1) is 27.2. The molecule has 6 rings (SSSR count). The molecule has 2 aliphatic rings. The van der Waals surface area contributed by atoms with Crippen LogP contribution in [0.2, 0.25) is 0 Å². The van der Waals surface area contributed by atoms with Crippen molar-refractivity contribution in [2.45, 2.75) is 44.7 Å². The van der Waals surface area contributed by atoms with Crippen molar-refractivity contribution in [2.75, 3.05) is 49.6 Å². The van der Waals surface area contributed by atoms with E-state index in [-0.39, 0.29) is 5.69 Å². The Balaban J connectivity index is 1.21. The molecular weight excluding hydrogens is 519 g/mol. The second-order valence-corrected chi connectivity index (χ2v) is 11.4. The average molecular weight is 557 g/mol. The van der Waals surface area contributed by atoms with Crippen LogP contribution in [0.3, 0.4) is 0 Å². The molecule has 9 nitrogen and oxygen atoms in total. The molecule has 214 valence electrons. The smallest absolute Gasteiger partial charge is 0.323 e. The van der Waals surface area contributed by atoms with Crippen LogP contribution in [0.5, 0.6) is 0 Å². The van der Waals surface area contributed by atoms with E-state index in [1.807, 2.05) is 31.3 Å². The summed E-state index contributed by atoms with van der Waals surface area (Å²) in [5.74, 6) is -0.166. The third kappa shape index (κ3) is 5.75. The Morgan fingerprint density at radius 3 is 2.46 bits per heavy atom. The number of carbonyl (C=O) groups is 1. The second-order valence-electron chi connectivity index (χ2n) is 11.4. The van der Waals surface area contributed by atoms with E-state index in [1.54, 1.807) is 18.2 Å². The third-order valence-electron chi connectivity index (χ3n) is 8.56. The van der Waals surface area contributed by atoms with Gasteiger partial charge in [-0.05, 0) is 75.0 Å². The fraction of sp³-hybridized carbons (Fsp3) is 0.387. The Morgan fingerprint density at radius 2 is 1.73 bits per heavy atom. The molecule has 0 spiro atoms. The molecule has 1 saturated heterocycles. The molecule has 3 heterocycles. The van der Waals surface area contributed by atoms with Gasteiger partial charge in [-0.1, -0.05) is 18.2 Å². The normalized spacial score (nSPS) is 20.3. The predicted octanol–water partition coefficient (Wildman–Crippen LogP) is 5.50. The van der Waals surface area contributed by atoms with E-state index in [9.17, 15) is 4.79 Å². The van der Waals surface area contributed by atoms with Crippen LogP contribution in [-0.2, 0) is 0 Å². The Bertz CT molecular complexity index is 1550. The molecule has 41 heavy (non-hydrogen) atoms. The summed E-state index contributed by atoms with van der Waals surface area (Å²) < 4.78 is 17.5. The maximum atomic E-state index is 15.3. The number of halogens is 1. The maximum Gasteiger partial charge on any atom is 0.323 e. The summed E-state index contributed by atoms with van der Waals surface area (Å²) in [6.07, 6.45) is 7.93. The number of urea groups is 1. The van der Waals surface area contributed by atoms with E-state index >= 15 is 4.39 Å². The molecule has 2 amide bonds. The monoisotopic (exact) mass is 556 g/mol. The first-order valence-electron chi connectivity index (χ1n) is 14.3. The second kappa shape index (κ2) is 11.5. The minimum absolute atomic E-state index is 0.0918. The summed E-state index contributed by atoms with van der Waals surface area (Å²) in [7, 11) is 2.19. The number of nitrogens with two attached hydrogens (primary N) is 1. The van der Waals surface area contributed by atoms with E-state index in [0.717, 1.165) is 74.0 Å². The molecule has 10 heteroatoms. The van der Waals surface area contributed by atoms with Gasteiger partial charge in [0.1, 0.15) is 23.6 Å². The molecule has 0 atom stereocenters. The van der Waals surface area contributed by atoms with E-state index in [1.165, 1.54) is 12.4 Å². The Labute approximate surface area is 239 Å². The first-order chi connectivity index (χ1) is 19.9. The maximum absolute atomic E-state index is 15.3. The van der Waals surface area contributed by atoms with Gasteiger partial charge in [0.2, 0.25) is 0 Å². The molecule has 1 aliphatic heterocycles. The summed E-state index contributed by atoms with van der Waals surface area (Å²) in [6, 6.07) is 12.6. The molecule has 2 aromatic carbocycles. The number of aryl methyl sites for hydroxylation is 1. The number of fused-ring (bicyclic) bond motifs is 1. The van der Waals surface area contributed by atoms with Gasteiger partial charge in [-0.2, -0.15) is 0 Å².